The van der Waals surface area contributed by atoms with Crippen LogP contribution in [0.25, 0.3) is 0 Å². The summed E-state index contributed by atoms with van der Waals surface area (Å²) < 4.78 is 6.31. The molecular formula is C11H18N4O4. The number of carbonyl (C=O) groups is 2. The van der Waals surface area contributed by atoms with Crippen molar-refractivity contribution in [1.29, 1.82) is 0 Å². The summed E-state index contributed by atoms with van der Waals surface area (Å²) in [5.41, 5.74) is 0.139. The summed E-state index contributed by atoms with van der Waals surface area (Å²) >= 11 is 0. The zero-order chi connectivity index (χ0) is 14.3. The fraction of sp³-hybridized carbons (Fsp3) is 0.636. The van der Waals surface area contributed by atoms with Gasteiger partial charge >= 0.3 is 5.97 Å². The maximum absolute atomic E-state index is 12.1. The first-order chi connectivity index (χ1) is 9.08. The van der Waals surface area contributed by atoms with Gasteiger partial charge in [-0.25, -0.2) is 4.68 Å². The topological polar surface area (TPSA) is 97.5 Å². The molecule has 0 aliphatic rings. The van der Waals surface area contributed by atoms with Gasteiger partial charge in [-0.05, 0) is 13.8 Å². The highest BCUT2D eigenvalue weighted by molar-refractivity contribution is 5.91. The molecule has 0 aromatic carbocycles. The third-order valence-corrected chi connectivity index (χ3v) is 2.43. The minimum absolute atomic E-state index is 0.139. The van der Waals surface area contributed by atoms with E-state index in [0.717, 1.165) is 4.68 Å². The summed E-state index contributed by atoms with van der Waals surface area (Å²) in [6, 6.07) is 0. The van der Waals surface area contributed by atoms with Gasteiger partial charge in [-0.2, -0.15) is 0 Å². The van der Waals surface area contributed by atoms with Gasteiger partial charge in [-0.15, -0.1) is 5.10 Å². The lowest BCUT2D eigenvalue weighted by molar-refractivity contribution is -0.137. The summed E-state index contributed by atoms with van der Waals surface area (Å²) in [4.78, 5) is 24.2. The monoisotopic (exact) mass is 270 g/mol. The third kappa shape index (κ3) is 4.66. The largest absolute Gasteiger partial charge is 0.480 e. The molecule has 8 nitrogen and oxygen atoms in total. The molecule has 0 spiro atoms. The van der Waals surface area contributed by atoms with E-state index >= 15 is 0 Å². The van der Waals surface area contributed by atoms with Gasteiger partial charge in [0.25, 0.3) is 5.91 Å². The predicted molar refractivity (Wildman–Crippen MR) is 65.7 cm³/mol. The maximum atomic E-state index is 12.1. The van der Waals surface area contributed by atoms with Crippen LogP contribution in [0.4, 0.5) is 0 Å². The van der Waals surface area contributed by atoms with Crippen LogP contribution in [0.5, 0.6) is 0 Å². The first-order valence-corrected chi connectivity index (χ1v) is 6.07. The lowest BCUT2D eigenvalue weighted by atomic mass is 10.3. The summed E-state index contributed by atoms with van der Waals surface area (Å²) in [5.74, 6) is -1.31. The highest BCUT2D eigenvalue weighted by atomic mass is 16.5. The quantitative estimate of drug-likeness (QED) is 0.660. The van der Waals surface area contributed by atoms with Crippen molar-refractivity contribution in [2.75, 3.05) is 26.3 Å². The van der Waals surface area contributed by atoms with E-state index < -0.39 is 5.97 Å². The average molecular weight is 270 g/mol. The molecule has 8 heteroatoms. The Hall–Kier alpha value is -1.96. The number of likely N-dealkylation sites (N-methyl/N-ethyl adjacent to an activating group) is 1. The molecule has 1 amide bonds. The molecule has 1 rings (SSSR count). The van der Waals surface area contributed by atoms with Crippen LogP contribution in [-0.4, -0.2) is 63.2 Å². The Morgan fingerprint density at radius 3 is 2.79 bits per heavy atom. The second-order valence-electron chi connectivity index (χ2n) is 3.78. The summed E-state index contributed by atoms with van der Waals surface area (Å²) in [5, 5.41) is 15.9. The van der Waals surface area contributed by atoms with Crippen LogP contribution >= 0.6 is 0 Å². The van der Waals surface area contributed by atoms with Gasteiger partial charge in [0.1, 0.15) is 6.54 Å². The van der Waals surface area contributed by atoms with Gasteiger partial charge in [0, 0.05) is 19.7 Å². The highest BCUT2D eigenvalue weighted by Gasteiger charge is 2.18. The highest BCUT2D eigenvalue weighted by Crippen LogP contribution is 2.01. The first-order valence-electron chi connectivity index (χ1n) is 6.07. The molecule has 0 saturated heterocycles. The van der Waals surface area contributed by atoms with Crippen molar-refractivity contribution in [3.8, 4) is 0 Å². The van der Waals surface area contributed by atoms with Gasteiger partial charge in [0.15, 0.2) is 5.69 Å². The van der Waals surface area contributed by atoms with Crippen LogP contribution in [0.15, 0.2) is 6.20 Å². The maximum Gasteiger partial charge on any atom is 0.325 e. The standard InChI is InChI=1S/C11H18N4O4/c1-3-14(5-6-19-4-2)11(18)9-7-15(13-12-9)8-10(16)17/h7H,3-6,8H2,1-2H3,(H,16,17). The van der Waals surface area contributed by atoms with Gasteiger partial charge in [-0.1, -0.05) is 5.21 Å². The van der Waals surface area contributed by atoms with Gasteiger partial charge < -0.3 is 14.7 Å². The molecule has 1 N–H and O–H groups in total. The predicted octanol–water partition coefficient (Wildman–Crippen LogP) is -0.139. The Kier molecular flexibility index (Phi) is 5.94. The van der Waals surface area contributed by atoms with Crippen molar-refractivity contribution in [1.82, 2.24) is 19.9 Å². The van der Waals surface area contributed by atoms with Crippen molar-refractivity contribution in [3.63, 3.8) is 0 Å². The van der Waals surface area contributed by atoms with Gasteiger partial charge in [0.2, 0.25) is 0 Å². The number of hydrogen-bond donors (Lipinski definition) is 1. The number of aliphatic carboxylic acids is 1. The van der Waals surface area contributed by atoms with Crippen molar-refractivity contribution in [2.45, 2.75) is 20.4 Å². The number of ether oxygens (including phenoxy) is 1. The molecule has 0 fully saturated rings. The summed E-state index contributed by atoms with van der Waals surface area (Å²) in [7, 11) is 0. The van der Waals surface area contributed by atoms with E-state index in [9.17, 15) is 9.59 Å². The number of carboxylic acid groups (broad SMARTS) is 1. The number of aromatic nitrogens is 3. The van der Waals surface area contributed by atoms with E-state index in [1.807, 2.05) is 13.8 Å². The SMILES string of the molecule is CCOCCN(CC)C(=O)c1cn(CC(=O)O)nn1. The molecule has 0 bridgehead atoms. The molecule has 0 aliphatic carbocycles. The number of carbonyl (C=O) groups excluding carboxylic acids is 1. The molecule has 0 aliphatic heterocycles. The number of rotatable bonds is 8. The Bertz CT molecular complexity index is 432. The molecule has 0 atom stereocenters. The molecule has 106 valence electrons. The number of nitrogens with zero attached hydrogens (tertiary/aromatic N) is 4. The average Bonchev–Trinajstić information content (AvgIpc) is 2.81. The third-order valence-electron chi connectivity index (χ3n) is 2.43. The fourth-order valence-corrected chi connectivity index (χ4v) is 1.50. The number of amides is 1. The van der Waals surface area contributed by atoms with Crippen LogP contribution in [0.3, 0.4) is 0 Å². The Morgan fingerprint density at radius 2 is 2.21 bits per heavy atom. The molecule has 1 aromatic rings. The molecule has 0 radical (unpaired) electrons. The smallest absolute Gasteiger partial charge is 0.325 e. The van der Waals surface area contributed by atoms with Crippen LogP contribution in [0.2, 0.25) is 0 Å². The van der Waals surface area contributed by atoms with E-state index in [-0.39, 0.29) is 18.1 Å². The number of hydrogen-bond acceptors (Lipinski definition) is 5. The normalized spacial score (nSPS) is 10.4. The van der Waals surface area contributed by atoms with Gasteiger partial charge in [-0.3, -0.25) is 9.59 Å². The molecule has 1 heterocycles. The lowest BCUT2D eigenvalue weighted by Gasteiger charge is -2.19. The van der Waals surface area contributed by atoms with E-state index in [0.29, 0.717) is 26.3 Å². The lowest BCUT2D eigenvalue weighted by Crippen LogP contribution is -2.34. The van der Waals surface area contributed by atoms with Crippen molar-refractivity contribution in [3.05, 3.63) is 11.9 Å². The van der Waals surface area contributed by atoms with E-state index in [4.69, 9.17) is 9.84 Å². The number of carboxylic acids is 1. The van der Waals surface area contributed by atoms with Gasteiger partial charge in [0.05, 0.1) is 12.8 Å². The molecule has 0 unspecified atom stereocenters. The summed E-state index contributed by atoms with van der Waals surface area (Å²) in [6.07, 6.45) is 1.33. The van der Waals surface area contributed by atoms with E-state index in [1.54, 1.807) is 4.90 Å². The molecule has 1 aromatic heterocycles. The minimum Gasteiger partial charge on any atom is -0.480 e. The van der Waals surface area contributed by atoms with Crippen molar-refractivity contribution < 1.29 is 19.4 Å². The first kappa shape index (κ1) is 15.1. The van der Waals surface area contributed by atoms with Crippen LogP contribution in [-0.2, 0) is 16.1 Å². The fourth-order valence-electron chi connectivity index (χ4n) is 1.50. The second-order valence-corrected chi connectivity index (χ2v) is 3.78. The minimum atomic E-state index is -1.03. The Morgan fingerprint density at radius 1 is 1.47 bits per heavy atom. The Balaban J connectivity index is 2.63. The molecule has 19 heavy (non-hydrogen) atoms. The second kappa shape index (κ2) is 7.47. The zero-order valence-corrected chi connectivity index (χ0v) is 11.1. The summed E-state index contributed by atoms with van der Waals surface area (Å²) in [6.45, 7) is 5.47. The Labute approximate surface area is 111 Å². The van der Waals surface area contributed by atoms with Crippen LogP contribution in [0, 0.1) is 0 Å². The van der Waals surface area contributed by atoms with E-state index in [1.165, 1.54) is 6.20 Å². The van der Waals surface area contributed by atoms with Crippen molar-refractivity contribution >= 4 is 11.9 Å². The van der Waals surface area contributed by atoms with Crippen LogP contribution in [0.1, 0.15) is 24.3 Å². The van der Waals surface area contributed by atoms with E-state index in [2.05, 4.69) is 10.3 Å². The van der Waals surface area contributed by atoms with Crippen molar-refractivity contribution in [2.24, 2.45) is 0 Å². The molecular weight excluding hydrogens is 252 g/mol. The zero-order valence-electron chi connectivity index (χ0n) is 11.1. The molecule has 0 saturated carbocycles. The van der Waals surface area contributed by atoms with Crippen LogP contribution < -0.4 is 0 Å².